The minimum atomic E-state index is 0.0186. The lowest BCUT2D eigenvalue weighted by Gasteiger charge is -2.33. The van der Waals surface area contributed by atoms with Crippen molar-refractivity contribution >= 4 is 32.9 Å². The Morgan fingerprint density at radius 2 is 2.17 bits per heavy atom. The summed E-state index contributed by atoms with van der Waals surface area (Å²) in [6.07, 6.45) is 3.24. The SMILES string of the molecule is CC(C)(C)C1CCc2c(sc3nc(-c4cccs4)[nH]c(=O)c23)C1. The third kappa shape index (κ3) is 2.56. The van der Waals surface area contributed by atoms with Crippen LogP contribution in [0.1, 0.15) is 37.6 Å². The number of rotatable bonds is 1. The van der Waals surface area contributed by atoms with Crippen molar-refractivity contribution in [1.82, 2.24) is 9.97 Å². The fourth-order valence-corrected chi connectivity index (χ4v) is 5.42. The van der Waals surface area contributed by atoms with E-state index in [4.69, 9.17) is 4.98 Å². The second kappa shape index (κ2) is 5.28. The van der Waals surface area contributed by atoms with Crippen LogP contribution in [-0.2, 0) is 12.8 Å². The Bertz CT molecular complexity index is 913. The van der Waals surface area contributed by atoms with Gasteiger partial charge in [0.2, 0.25) is 0 Å². The van der Waals surface area contributed by atoms with E-state index in [0.717, 1.165) is 34.4 Å². The summed E-state index contributed by atoms with van der Waals surface area (Å²) in [7, 11) is 0. The van der Waals surface area contributed by atoms with E-state index in [2.05, 4.69) is 25.8 Å². The zero-order chi connectivity index (χ0) is 16.2. The molecule has 0 amide bonds. The fourth-order valence-electron chi connectivity index (χ4n) is 3.45. The quantitative estimate of drug-likeness (QED) is 0.685. The standard InChI is InChI=1S/C18H20N2OS2/c1-18(2,3)10-6-7-11-13(9-10)23-17-14(11)16(21)19-15(20-17)12-5-4-8-22-12/h4-5,8,10H,6-7,9H2,1-3H3,(H,19,20,21). The molecule has 5 heteroatoms. The molecule has 0 aliphatic heterocycles. The maximum absolute atomic E-state index is 12.6. The van der Waals surface area contributed by atoms with Crippen molar-refractivity contribution in [2.45, 2.75) is 40.0 Å². The molecule has 1 N–H and O–H groups in total. The topological polar surface area (TPSA) is 45.8 Å². The zero-order valence-electron chi connectivity index (χ0n) is 13.6. The van der Waals surface area contributed by atoms with Crippen molar-refractivity contribution in [3.05, 3.63) is 38.3 Å². The first kappa shape index (κ1) is 15.1. The maximum Gasteiger partial charge on any atom is 0.260 e. The van der Waals surface area contributed by atoms with E-state index in [1.807, 2.05) is 17.5 Å². The molecule has 1 aliphatic rings. The van der Waals surface area contributed by atoms with Crippen LogP contribution in [0.3, 0.4) is 0 Å². The van der Waals surface area contributed by atoms with Crippen molar-refractivity contribution in [3.63, 3.8) is 0 Å². The fraction of sp³-hybridized carbons (Fsp3) is 0.444. The van der Waals surface area contributed by atoms with Gasteiger partial charge in [0.1, 0.15) is 4.83 Å². The Balaban J connectivity index is 1.84. The molecule has 0 spiro atoms. The third-order valence-corrected chi connectivity index (χ3v) is 6.92. The van der Waals surface area contributed by atoms with Gasteiger partial charge in [-0.1, -0.05) is 26.8 Å². The van der Waals surface area contributed by atoms with Crippen LogP contribution < -0.4 is 5.56 Å². The number of nitrogens with zero attached hydrogens (tertiary/aromatic N) is 1. The van der Waals surface area contributed by atoms with E-state index in [-0.39, 0.29) is 5.56 Å². The van der Waals surface area contributed by atoms with Gasteiger partial charge in [-0.25, -0.2) is 4.98 Å². The van der Waals surface area contributed by atoms with Crippen molar-refractivity contribution in [2.24, 2.45) is 11.3 Å². The first-order chi connectivity index (χ1) is 10.9. The van der Waals surface area contributed by atoms with Crippen LogP contribution >= 0.6 is 22.7 Å². The highest BCUT2D eigenvalue weighted by Gasteiger charge is 2.31. The van der Waals surface area contributed by atoms with Gasteiger partial charge in [-0.05, 0) is 47.6 Å². The zero-order valence-corrected chi connectivity index (χ0v) is 15.2. The van der Waals surface area contributed by atoms with Crippen LogP contribution in [-0.4, -0.2) is 9.97 Å². The van der Waals surface area contributed by atoms with Gasteiger partial charge in [-0.2, -0.15) is 0 Å². The molecule has 3 heterocycles. The van der Waals surface area contributed by atoms with Gasteiger partial charge < -0.3 is 4.98 Å². The lowest BCUT2D eigenvalue weighted by atomic mass is 9.72. The minimum absolute atomic E-state index is 0.0186. The number of hydrogen-bond donors (Lipinski definition) is 1. The van der Waals surface area contributed by atoms with Crippen molar-refractivity contribution in [2.75, 3.05) is 0 Å². The van der Waals surface area contributed by atoms with Gasteiger partial charge in [0.25, 0.3) is 5.56 Å². The van der Waals surface area contributed by atoms with Crippen LogP contribution in [0.4, 0.5) is 0 Å². The monoisotopic (exact) mass is 344 g/mol. The minimum Gasteiger partial charge on any atom is -0.305 e. The molecule has 3 aromatic rings. The second-order valence-electron chi connectivity index (χ2n) is 7.38. The number of H-pyrrole nitrogens is 1. The molecule has 1 unspecified atom stereocenters. The van der Waals surface area contributed by atoms with E-state index in [1.54, 1.807) is 22.7 Å². The predicted molar refractivity (Wildman–Crippen MR) is 98.5 cm³/mol. The summed E-state index contributed by atoms with van der Waals surface area (Å²) in [6, 6.07) is 3.98. The number of aromatic nitrogens is 2. The van der Waals surface area contributed by atoms with Crippen LogP contribution in [0.2, 0.25) is 0 Å². The number of fused-ring (bicyclic) bond motifs is 3. The van der Waals surface area contributed by atoms with Crippen LogP contribution in [0.25, 0.3) is 20.9 Å². The van der Waals surface area contributed by atoms with Crippen molar-refractivity contribution in [1.29, 1.82) is 0 Å². The summed E-state index contributed by atoms with van der Waals surface area (Å²) in [4.78, 5) is 23.6. The number of nitrogens with one attached hydrogen (secondary N) is 1. The summed E-state index contributed by atoms with van der Waals surface area (Å²) in [6.45, 7) is 6.95. The van der Waals surface area contributed by atoms with Gasteiger partial charge in [0.15, 0.2) is 5.82 Å². The highest BCUT2D eigenvalue weighted by Crippen LogP contribution is 2.42. The largest absolute Gasteiger partial charge is 0.305 e. The predicted octanol–water partition coefficient (Wildman–Crippen LogP) is 4.86. The number of aromatic amines is 1. The molecule has 0 fully saturated rings. The maximum atomic E-state index is 12.6. The second-order valence-corrected chi connectivity index (χ2v) is 9.41. The molecule has 0 aromatic carbocycles. The molecule has 0 bridgehead atoms. The lowest BCUT2D eigenvalue weighted by molar-refractivity contribution is 0.218. The first-order valence-electron chi connectivity index (χ1n) is 8.02. The van der Waals surface area contributed by atoms with E-state index < -0.39 is 0 Å². The average Bonchev–Trinajstić information content (AvgIpc) is 3.12. The van der Waals surface area contributed by atoms with Gasteiger partial charge in [0.05, 0.1) is 10.3 Å². The Morgan fingerprint density at radius 1 is 1.35 bits per heavy atom. The van der Waals surface area contributed by atoms with Gasteiger partial charge in [-0.3, -0.25) is 4.79 Å². The van der Waals surface area contributed by atoms with Gasteiger partial charge in [-0.15, -0.1) is 22.7 Å². The lowest BCUT2D eigenvalue weighted by Crippen LogP contribution is -2.26. The summed E-state index contributed by atoms with van der Waals surface area (Å²) < 4.78 is 0. The molecule has 1 aliphatic carbocycles. The normalized spacial score (nSPS) is 18.3. The molecule has 3 nitrogen and oxygen atoms in total. The molecule has 120 valence electrons. The number of hydrogen-bond acceptors (Lipinski definition) is 4. The summed E-state index contributed by atoms with van der Waals surface area (Å²) in [5, 5.41) is 2.84. The third-order valence-electron chi connectivity index (χ3n) is 4.90. The molecule has 0 saturated carbocycles. The molecular formula is C18H20N2OS2. The smallest absolute Gasteiger partial charge is 0.260 e. The molecule has 1 atom stereocenters. The number of thiophene rings is 2. The molecule has 3 aromatic heterocycles. The Labute approximate surface area is 143 Å². The highest BCUT2D eigenvalue weighted by atomic mass is 32.1. The molecule has 4 rings (SSSR count). The molecular weight excluding hydrogens is 324 g/mol. The van der Waals surface area contributed by atoms with Gasteiger partial charge >= 0.3 is 0 Å². The highest BCUT2D eigenvalue weighted by molar-refractivity contribution is 7.19. The van der Waals surface area contributed by atoms with Crippen molar-refractivity contribution < 1.29 is 0 Å². The van der Waals surface area contributed by atoms with Crippen LogP contribution in [0.15, 0.2) is 22.3 Å². The molecule has 0 radical (unpaired) electrons. The Kier molecular flexibility index (Phi) is 3.46. The van der Waals surface area contributed by atoms with E-state index >= 15 is 0 Å². The average molecular weight is 345 g/mol. The van der Waals surface area contributed by atoms with Crippen LogP contribution in [0.5, 0.6) is 0 Å². The van der Waals surface area contributed by atoms with Crippen molar-refractivity contribution in [3.8, 4) is 10.7 Å². The molecule has 0 saturated heterocycles. The Morgan fingerprint density at radius 3 is 2.87 bits per heavy atom. The van der Waals surface area contributed by atoms with Gasteiger partial charge in [0, 0.05) is 4.88 Å². The van der Waals surface area contributed by atoms with E-state index in [9.17, 15) is 4.79 Å². The number of aryl methyl sites for hydroxylation is 1. The summed E-state index contributed by atoms with van der Waals surface area (Å²) >= 11 is 3.32. The first-order valence-corrected chi connectivity index (χ1v) is 9.71. The van der Waals surface area contributed by atoms with Crippen LogP contribution in [0, 0.1) is 11.3 Å². The Hall–Kier alpha value is -1.46. The van der Waals surface area contributed by atoms with E-state index in [0.29, 0.717) is 17.2 Å². The summed E-state index contributed by atoms with van der Waals surface area (Å²) in [5.41, 5.74) is 1.58. The molecule has 23 heavy (non-hydrogen) atoms. The van der Waals surface area contributed by atoms with E-state index in [1.165, 1.54) is 10.4 Å². The summed E-state index contributed by atoms with van der Waals surface area (Å²) in [5.74, 6) is 1.38.